The van der Waals surface area contributed by atoms with Gasteiger partial charge in [-0.05, 0) is 63.9 Å². The predicted molar refractivity (Wildman–Crippen MR) is 120 cm³/mol. The highest BCUT2D eigenvalue weighted by molar-refractivity contribution is 5.87. The van der Waals surface area contributed by atoms with Gasteiger partial charge in [0.05, 0.1) is 10.9 Å². The first-order chi connectivity index (χ1) is 15.4. The summed E-state index contributed by atoms with van der Waals surface area (Å²) in [5.41, 5.74) is 2.31. The minimum atomic E-state index is -2.86. The molecule has 1 aliphatic rings. The van der Waals surface area contributed by atoms with Gasteiger partial charge in [-0.15, -0.1) is 0 Å². The molecule has 0 spiro atoms. The van der Waals surface area contributed by atoms with Gasteiger partial charge in [-0.3, -0.25) is 0 Å². The highest BCUT2D eigenvalue weighted by Crippen LogP contribution is 2.33. The normalized spacial score (nSPS) is 15.6. The first kappa shape index (κ1) is 22.5. The van der Waals surface area contributed by atoms with Crippen LogP contribution in [-0.2, 0) is 6.54 Å². The molecule has 1 N–H and O–H groups in total. The van der Waals surface area contributed by atoms with Crippen molar-refractivity contribution in [1.82, 2.24) is 19.9 Å². The molecule has 5 nitrogen and oxygen atoms in total. The number of aromatic nitrogens is 3. The summed E-state index contributed by atoms with van der Waals surface area (Å²) in [4.78, 5) is 16.2. The van der Waals surface area contributed by atoms with Gasteiger partial charge >= 0.3 is 0 Å². The Morgan fingerprint density at radius 3 is 2.56 bits per heavy atom. The van der Waals surface area contributed by atoms with Gasteiger partial charge < -0.3 is 10.2 Å². The van der Waals surface area contributed by atoms with Crippen molar-refractivity contribution >= 4 is 16.9 Å². The lowest BCUT2D eigenvalue weighted by molar-refractivity contribution is 0.146. The number of likely N-dealkylation sites (tertiary alicyclic amines) is 1. The molecule has 0 saturated carbocycles. The number of aryl methyl sites for hydroxylation is 2. The minimum Gasteiger partial charge on any atom is -0.365 e. The van der Waals surface area contributed by atoms with Crippen LogP contribution in [0.5, 0.6) is 0 Å². The lowest BCUT2D eigenvalue weighted by atomic mass is 9.88. The third-order valence-electron chi connectivity index (χ3n) is 6.29. The van der Waals surface area contributed by atoms with Crippen LogP contribution in [-0.4, -0.2) is 39.5 Å². The molecule has 0 amide bonds. The Morgan fingerprint density at radius 2 is 1.88 bits per heavy atom. The summed E-state index contributed by atoms with van der Waals surface area (Å²) in [5.74, 6) is 0.609. The van der Waals surface area contributed by atoms with E-state index in [1.807, 2.05) is 6.92 Å². The fourth-order valence-corrected chi connectivity index (χ4v) is 4.46. The van der Waals surface area contributed by atoms with Crippen LogP contribution < -0.4 is 5.32 Å². The van der Waals surface area contributed by atoms with Crippen LogP contribution in [0, 0.1) is 19.7 Å². The number of hydrogen-bond acceptors (Lipinski definition) is 5. The first-order valence-electron chi connectivity index (χ1n) is 11.0. The van der Waals surface area contributed by atoms with Crippen molar-refractivity contribution < 1.29 is 13.2 Å². The molecule has 1 saturated heterocycles. The number of benzene rings is 1. The molecule has 3 aromatic rings. The number of piperidine rings is 1. The maximum atomic E-state index is 14.5. The summed E-state index contributed by atoms with van der Waals surface area (Å²) < 4.78 is 40.6. The topological polar surface area (TPSA) is 53.9 Å². The van der Waals surface area contributed by atoms with E-state index in [1.165, 1.54) is 17.7 Å². The van der Waals surface area contributed by atoms with Crippen LogP contribution >= 0.6 is 0 Å². The number of hydrogen-bond donors (Lipinski definition) is 1. The second-order valence-corrected chi connectivity index (χ2v) is 8.34. The maximum absolute atomic E-state index is 14.5. The molecule has 3 heterocycles. The Labute approximate surface area is 186 Å². The maximum Gasteiger partial charge on any atom is 0.266 e. The molecule has 32 heavy (non-hydrogen) atoms. The number of anilines is 1. The van der Waals surface area contributed by atoms with Crippen LogP contribution in [0.1, 0.15) is 60.3 Å². The van der Waals surface area contributed by atoms with Crippen molar-refractivity contribution in [3.63, 3.8) is 0 Å². The Bertz CT molecular complexity index is 1110. The third-order valence-corrected chi connectivity index (χ3v) is 6.29. The molecule has 8 heteroatoms. The van der Waals surface area contributed by atoms with Gasteiger partial charge in [0.1, 0.15) is 17.5 Å². The third kappa shape index (κ3) is 4.55. The molecule has 0 radical (unpaired) electrons. The van der Waals surface area contributed by atoms with Gasteiger partial charge in [-0.1, -0.05) is 25.1 Å². The average molecular weight is 444 g/mol. The molecule has 4 rings (SSSR count). The molecule has 0 unspecified atom stereocenters. The molecule has 1 aromatic carbocycles. The Kier molecular flexibility index (Phi) is 6.60. The van der Waals surface area contributed by atoms with Gasteiger partial charge in [0.2, 0.25) is 0 Å². The Morgan fingerprint density at radius 1 is 1.12 bits per heavy atom. The fraction of sp³-hybridized carbons (Fsp3) is 0.458. The van der Waals surface area contributed by atoms with E-state index < -0.39 is 17.8 Å². The van der Waals surface area contributed by atoms with Crippen LogP contribution in [0.25, 0.3) is 11.0 Å². The van der Waals surface area contributed by atoms with Gasteiger partial charge in [0.15, 0.2) is 5.65 Å². The van der Waals surface area contributed by atoms with Gasteiger partial charge in [0.25, 0.3) is 6.43 Å². The number of rotatable bonds is 6. The van der Waals surface area contributed by atoms with Crippen molar-refractivity contribution in [2.24, 2.45) is 0 Å². The lowest BCUT2D eigenvalue weighted by Crippen LogP contribution is -2.32. The summed E-state index contributed by atoms with van der Waals surface area (Å²) >= 11 is 0. The van der Waals surface area contributed by atoms with Crippen molar-refractivity contribution in [2.75, 3.05) is 25.0 Å². The number of pyridine rings is 1. The van der Waals surface area contributed by atoms with Gasteiger partial charge in [-0.25, -0.2) is 28.1 Å². The molecule has 0 atom stereocenters. The largest absolute Gasteiger partial charge is 0.365 e. The molecule has 0 aliphatic carbocycles. The van der Waals surface area contributed by atoms with Crippen LogP contribution in [0.15, 0.2) is 24.3 Å². The molecule has 2 aromatic heterocycles. The van der Waals surface area contributed by atoms with E-state index in [2.05, 4.69) is 33.2 Å². The molecule has 1 aliphatic heterocycles. The number of nitrogens with one attached hydrogen (secondary N) is 1. The van der Waals surface area contributed by atoms with Crippen molar-refractivity contribution in [1.29, 1.82) is 0 Å². The Hall–Kier alpha value is -2.74. The van der Waals surface area contributed by atoms with Crippen LogP contribution in [0.4, 0.5) is 19.0 Å². The molecule has 0 bridgehead atoms. The minimum absolute atomic E-state index is 0.0377. The van der Waals surface area contributed by atoms with Crippen molar-refractivity contribution in [3.8, 4) is 0 Å². The molecule has 1 fully saturated rings. The highest BCUT2D eigenvalue weighted by Gasteiger charge is 2.23. The standard InChI is InChI=1S/C24H28F3N5/c1-4-32-10-8-16(9-11-32)19-12-20-23(30-15(3)31-24(20)29-14(19)2)28-13-17-6-5-7-18(21(17)25)22(26)27/h5-7,12,16,22H,4,8-11,13H2,1-3H3,(H,28,29,30,31). The number of fused-ring (bicyclic) bond motifs is 1. The van der Waals surface area contributed by atoms with E-state index in [-0.39, 0.29) is 12.1 Å². The second-order valence-electron chi connectivity index (χ2n) is 8.34. The average Bonchev–Trinajstić information content (AvgIpc) is 2.77. The number of halogens is 3. The second kappa shape index (κ2) is 9.40. The first-order valence-corrected chi connectivity index (χ1v) is 11.0. The zero-order valence-corrected chi connectivity index (χ0v) is 18.6. The van der Waals surface area contributed by atoms with Crippen LogP contribution in [0.3, 0.4) is 0 Å². The predicted octanol–water partition coefficient (Wildman–Crippen LogP) is 5.53. The van der Waals surface area contributed by atoms with E-state index in [4.69, 9.17) is 4.98 Å². The van der Waals surface area contributed by atoms with Gasteiger partial charge in [-0.2, -0.15) is 0 Å². The summed E-state index contributed by atoms with van der Waals surface area (Å²) in [6.07, 6.45) is -0.711. The highest BCUT2D eigenvalue weighted by atomic mass is 19.3. The molecule has 170 valence electrons. The Balaban J connectivity index is 1.65. The molecular weight excluding hydrogens is 415 g/mol. The van der Waals surface area contributed by atoms with E-state index in [9.17, 15) is 13.2 Å². The zero-order valence-electron chi connectivity index (χ0n) is 18.6. The van der Waals surface area contributed by atoms with E-state index >= 15 is 0 Å². The zero-order chi connectivity index (χ0) is 22.8. The number of nitrogens with zero attached hydrogens (tertiary/aromatic N) is 4. The number of alkyl halides is 2. The van der Waals surface area contributed by atoms with Crippen molar-refractivity contribution in [2.45, 2.75) is 52.5 Å². The van der Waals surface area contributed by atoms with Crippen molar-refractivity contribution in [3.05, 3.63) is 58.3 Å². The summed E-state index contributed by atoms with van der Waals surface area (Å²) in [6, 6.07) is 6.14. The van der Waals surface area contributed by atoms with Gasteiger partial charge in [0, 0.05) is 17.8 Å². The van der Waals surface area contributed by atoms with Crippen LogP contribution in [0.2, 0.25) is 0 Å². The lowest BCUT2D eigenvalue weighted by Gasteiger charge is -2.31. The molecular formula is C24H28F3N5. The summed E-state index contributed by atoms with van der Waals surface area (Å²) in [6.45, 7) is 9.19. The summed E-state index contributed by atoms with van der Waals surface area (Å²) in [7, 11) is 0. The monoisotopic (exact) mass is 443 g/mol. The smallest absolute Gasteiger partial charge is 0.266 e. The quantitative estimate of drug-likeness (QED) is 0.543. The fourth-order valence-electron chi connectivity index (χ4n) is 4.46. The van der Waals surface area contributed by atoms with E-state index in [1.54, 1.807) is 6.92 Å². The summed E-state index contributed by atoms with van der Waals surface area (Å²) in [5, 5.41) is 3.90. The van der Waals surface area contributed by atoms with E-state index in [0.717, 1.165) is 49.6 Å². The van der Waals surface area contributed by atoms with E-state index in [0.29, 0.717) is 23.2 Å². The SMILES string of the molecule is CCN1CCC(c2cc3c(NCc4cccc(C(F)F)c4F)nc(C)nc3nc2C)CC1.